The lowest BCUT2D eigenvalue weighted by Gasteiger charge is -2.11. The van der Waals surface area contributed by atoms with Gasteiger partial charge in [0.25, 0.3) is 0 Å². The summed E-state index contributed by atoms with van der Waals surface area (Å²) in [5, 5.41) is 15.1. The molecule has 0 saturated heterocycles. The van der Waals surface area contributed by atoms with Crippen LogP contribution >= 0.6 is 27.3 Å². The molecule has 0 saturated carbocycles. The molecule has 1 aromatic heterocycles. The van der Waals surface area contributed by atoms with Crippen LogP contribution in [-0.2, 0) is 6.54 Å². The number of hydrogen-bond donors (Lipinski definition) is 2. The lowest BCUT2D eigenvalue weighted by Crippen LogP contribution is -2.00. The van der Waals surface area contributed by atoms with E-state index >= 15 is 0 Å². The molecular formula is C17H14BrNOS. The second-order valence-corrected chi connectivity index (χ2v) is 6.46. The van der Waals surface area contributed by atoms with E-state index in [0.717, 1.165) is 11.3 Å². The maximum atomic E-state index is 9.53. The molecule has 0 amide bonds. The summed E-state index contributed by atoms with van der Waals surface area (Å²) in [5.74, 6) is 0.262. The summed E-state index contributed by atoms with van der Waals surface area (Å²) < 4.78 is 0.716. The van der Waals surface area contributed by atoms with Crippen molar-refractivity contribution in [2.75, 3.05) is 5.32 Å². The first-order valence-corrected chi connectivity index (χ1v) is 8.25. The zero-order valence-corrected chi connectivity index (χ0v) is 13.6. The number of hydrogen-bond acceptors (Lipinski definition) is 3. The Bertz CT molecular complexity index is 740. The smallest absolute Gasteiger partial charge is 0.129 e. The topological polar surface area (TPSA) is 32.3 Å². The summed E-state index contributed by atoms with van der Waals surface area (Å²) >= 11 is 5.08. The maximum absolute atomic E-state index is 9.53. The Kier molecular flexibility index (Phi) is 4.27. The van der Waals surface area contributed by atoms with E-state index in [-0.39, 0.29) is 5.75 Å². The van der Waals surface area contributed by atoms with Crippen molar-refractivity contribution in [1.29, 1.82) is 0 Å². The van der Waals surface area contributed by atoms with Gasteiger partial charge in [-0.25, -0.2) is 0 Å². The first-order valence-electron chi connectivity index (χ1n) is 6.58. The van der Waals surface area contributed by atoms with E-state index in [4.69, 9.17) is 0 Å². The highest BCUT2D eigenvalue weighted by Crippen LogP contribution is 2.32. The molecule has 1 heterocycles. The highest BCUT2D eigenvalue weighted by Gasteiger charge is 2.06. The molecular weight excluding hydrogens is 346 g/mol. The quantitative estimate of drug-likeness (QED) is 0.644. The van der Waals surface area contributed by atoms with Gasteiger partial charge >= 0.3 is 0 Å². The summed E-state index contributed by atoms with van der Waals surface area (Å²) in [5.41, 5.74) is 3.44. The summed E-state index contributed by atoms with van der Waals surface area (Å²) in [6.45, 7) is 0.710. The number of nitrogens with one attached hydrogen (secondary N) is 1. The van der Waals surface area contributed by atoms with Gasteiger partial charge in [0.05, 0.1) is 4.47 Å². The zero-order chi connectivity index (χ0) is 14.7. The predicted molar refractivity (Wildman–Crippen MR) is 92.9 cm³/mol. The molecule has 0 fully saturated rings. The molecule has 0 aliphatic carbocycles. The average Bonchev–Trinajstić information content (AvgIpc) is 3.03. The fourth-order valence-electron chi connectivity index (χ4n) is 2.14. The van der Waals surface area contributed by atoms with E-state index in [9.17, 15) is 5.11 Å². The van der Waals surface area contributed by atoms with Gasteiger partial charge in [-0.3, -0.25) is 0 Å². The van der Waals surface area contributed by atoms with E-state index < -0.39 is 0 Å². The molecule has 2 aromatic carbocycles. The molecule has 0 aliphatic rings. The Morgan fingerprint density at radius 2 is 1.90 bits per heavy atom. The normalized spacial score (nSPS) is 10.5. The molecule has 0 radical (unpaired) electrons. The van der Waals surface area contributed by atoms with E-state index in [1.807, 2.05) is 18.2 Å². The van der Waals surface area contributed by atoms with Crippen LogP contribution in [0.2, 0.25) is 0 Å². The van der Waals surface area contributed by atoms with Crippen LogP contribution in [0.4, 0.5) is 5.69 Å². The molecule has 106 valence electrons. The van der Waals surface area contributed by atoms with E-state index in [1.165, 1.54) is 10.4 Å². The number of rotatable bonds is 4. The second kappa shape index (κ2) is 6.33. The fourth-order valence-corrected chi connectivity index (χ4v) is 3.33. The fraction of sp³-hybridized carbons (Fsp3) is 0.0588. The number of phenolic OH excluding ortho intramolecular Hbond substituents is 1. The van der Waals surface area contributed by atoms with E-state index in [0.29, 0.717) is 11.0 Å². The van der Waals surface area contributed by atoms with Gasteiger partial charge in [-0.2, -0.15) is 0 Å². The van der Waals surface area contributed by atoms with Crippen molar-refractivity contribution in [2.24, 2.45) is 0 Å². The Labute approximate surface area is 136 Å². The Hall–Kier alpha value is -1.78. The van der Waals surface area contributed by atoms with Crippen molar-refractivity contribution in [3.8, 4) is 16.2 Å². The zero-order valence-electron chi connectivity index (χ0n) is 11.2. The predicted octanol–water partition coefficient (Wildman–Crippen LogP) is 5.50. The number of anilines is 1. The molecule has 0 spiro atoms. The second-order valence-electron chi connectivity index (χ2n) is 4.66. The van der Waals surface area contributed by atoms with Gasteiger partial charge in [0.15, 0.2) is 0 Å². The number of aromatic hydroxyl groups is 1. The van der Waals surface area contributed by atoms with Crippen molar-refractivity contribution >= 4 is 33.0 Å². The number of thiophene rings is 1. The van der Waals surface area contributed by atoms with Crippen LogP contribution in [0.1, 0.15) is 5.56 Å². The molecule has 4 heteroatoms. The van der Waals surface area contributed by atoms with Crippen LogP contribution in [0, 0.1) is 0 Å². The molecule has 3 aromatic rings. The summed E-state index contributed by atoms with van der Waals surface area (Å²) in [7, 11) is 0. The first-order chi connectivity index (χ1) is 10.2. The molecule has 0 bridgehead atoms. The lowest BCUT2D eigenvalue weighted by molar-refractivity contribution is 0.471. The minimum atomic E-state index is 0.262. The SMILES string of the molecule is Oc1ccc(CNc2ccccc2-c2cccs2)cc1Br. The summed E-state index contributed by atoms with van der Waals surface area (Å²) in [6.07, 6.45) is 0. The number of halogens is 1. The van der Waals surface area contributed by atoms with E-state index in [1.54, 1.807) is 17.4 Å². The minimum Gasteiger partial charge on any atom is -0.507 e. The lowest BCUT2D eigenvalue weighted by atomic mass is 10.1. The number of benzene rings is 2. The Balaban J connectivity index is 1.81. The number of para-hydroxylation sites is 1. The van der Waals surface area contributed by atoms with Crippen molar-refractivity contribution in [2.45, 2.75) is 6.54 Å². The van der Waals surface area contributed by atoms with Gasteiger partial charge in [-0.05, 0) is 51.1 Å². The molecule has 21 heavy (non-hydrogen) atoms. The van der Waals surface area contributed by atoms with Crippen molar-refractivity contribution in [3.63, 3.8) is 0 Å². The third kappa shape index (κ3) is 3.28. The van der Waals surface area contributed by atoms with Crippen molar-refractivity contribution in [1.82, 2.24) is 0 Å². The van der Waals surface area contributed by atoms with Crippen LogP contribution in [-0.4, -0.2) is 5.11 Å². The van der Waals surface area contributed by atoms with Crippen molar-refractivity contribution < 1.29 is 5.11 Å². The van der Waals surface area contributed by atoms with Crippen LogP contribution in [0.5, 0.6) is 5.75 Å². The van der Waals surface area contributed by atoms with Gasteiger partial charge in [0.1, 0.15) is 5.75 Å². The highest BCUT2D eigenvalue weighted by molar-refractivity contribution is 9.10. The van der Waals surface area contributed by atoms with Gasteiger partial charge in [-0.15, -0.1) is 11.3 Å². The van der Waals surface area contributed by atoms with Crippen LogP contribution in [0.3, 0.4) is 0 Å². The molecule has 3 rings (SSSR count). The molecule has 0 unspecified atom stereocenters. The van der Waals surface area contributed by atoms with Crippen molar-refractivity contribution in [3.05, 3.63) is 70.0 Å². The largest absolute Gasteiger partial charge is 0.507 e. The van der Waals surface area contributed by atoms with Crippen LogP contribution in [0.15, 0.2) is 64.5 Å². The van der Waals surface area contributed by atoms with Gasteiger partial charge in [0, 0.05) is 22.7 Å². The number of phenols is 1. The van der Waals surface area contributed by atoms with Crippen LogP contribution < -0.4 is 5.32 Å². The Morgan fingerprint density at radius 3 is 2.67 bits per heavy atom. The standard InChI is InChI=1S/C17H14BrNOS/c18-14-10-12(7-8-16(14)20)11-19-15-5-2-1-4-13(15)17-6-3-9-21-17/h1-10,19-20H,11H2. The molecule has 2 N–H and O–H groups in total. The minimum absolute atomic E-state index is 0.262. The Morgan fingerprint density at radius 1 is 1.05 bits per heavy atom. The van der Waals surface area contributed by atoms with Gasteiger partial charge in [0.2, 0.25) is 0 Å². The van der Waals surface area contributed by atoms with Crippen LogP contribution in [0.25, 0.3) is 10.4 Å². The highest BCUT2D eigenvalue weighted by atomic mass is 79.9. The summed E-state index contributed by atoms with van der Waals surface area (Å²) in [6, 6.07) is 18.0. The molecule has 0 aliphatic heterocycles. The third-order valence-corrected chi connectivity index (χ3v) is 4.75. The molecule has 0 atom stereocenters. The van der Waals surface area contributed by atoms with Gasteiger partial charge in [-0.1, -0.05) is 30.3 Å². The monoisotopic (exact) mass is 359 g/mol. The average molecular weight is 360 g/mol. The molecule has 2 nitrogen and oxygen atoms in total. The van der Waals surface area contributed by atoms with E-state index in [2.05, 4.69) is 57.0 Å². The first kappa shape index (κ1) is 14.2. The maximum Gasteiger partial charge on any atom is 0.129 e. The third-order valence-electron chi connectivity index (χ3n) is 3.21. The summed E-state index contributed by atoms with van der Waals surface area (Å²) in [4.78, 5) is 1.25. The van der Waals surface area contributed by atoms with Gasteiger partial charge < -0.3 is 10.4 Å².